The first-order valence-corrected chi connectivity index (χ1v) is 36.0. The number of halogens is 2. The number of alkyl halides is 1. The summed E-state index contributed by atoms with van der Waals surface area (Å²) in [6.07, 6.45) is 0. The summed E-state index contributed by atoms with van der Waals surface area (Å²) in [5, 5.41) is 3.62. The van der Waals surface area contributed by atoms with E-state index in [-0.39, 0.29) is 0 Å². The van der Waals surface area contributed by atoms with Crippen molar-refractivity contribution in [1.82, 2.24) is 49.0 Å². The lowest BCUT2D eigenvalue weighted by molar-refractivity contribution is 0.636. The quantitative estimate of drug-likeness (QED) is 0.140. The molecule has 1 N–H and O–H groups in total. The number of imidazole rings is 2. The molecular weight excluding hydrogens is 1430 g/mol. The molecule has 18 aromatic rings. The molecule has 0 radical (unpaired) electrons. The van der Waals surface area contributed by atoms with Crippen LogP contribution in [0.15, 0.2) is 364 Å². The smallest absolute Gasteiger partial charge is 0.220 e. The Bertz CT molecular complexity index is 6130. The first-order valence-electron chi connectivity index (χ1n) is 35.7. The van der Waals surface area contributed by atoms with Crippen LogP contribution in [0.1, 0.15) is 1.37 Å². The third kappa shape index (κ3) is 13.3. The van der Waals surface area contributed by atoms with Crippen molar-refractivity contribution in [2.45, 2.75) is 0 Å². The summed E-state index contributed by atoms with van der Waals surface area (Å²) >= 11 is 2.28. The highest BCUT2D eigenvalue weighted by molar-refractivity contribution is 14.1. The molecular formula is C93H64FIN12. The average molecular weight is 1500 g/mol. The fourth-order valence-electron chi connectivity index (χ4n) is 13.9. The largest absolute Gasteiger partial charge is 0.325 e. The number of fused-ring (bicyclic) bond motifs is 14. The van der Waals surface area contributed by atoms with E-state index in [2.05, 4.69) is 260 Å². The van der Waals surface area contributed by atoms with Crippen molar-refractivity contribution >= 4 is 73.6 Å². The zero-order chi connectivity index (χ0) is 72.7. The van der Waals surface area contributed by atoms with E-state index in [4.69, 9.17) is 41.2 Å². The summed E-state index contributed by atoms with van der Waals surface area (Å²) in [7, 11) is -1.00. The number of benzene rings is 14. The van der Waals surface area contributed by atoms with Crippen molar-refractivity contribution < 1.29 is 5.76 Å². The Morgan fingerprint density at radius 2 is 0.607 bits per heavy atom. The van der Waals surface area contributed by atoms with E-state index in [1.807, 2.05) is 146 Å². The van der Waals surface area contributed by atoms with E-state index in [9.17, 15) is 4.39 Å². The van der Waals surface area contributed by atoms with Crippen LogP contribution in [0.4, 0.5) is 33.3 Å². The third-order valence-corrected chi connectivity index (χ3v) is 19.5. The Kier molecular flexibility index (Phi) is 18.3. The van der Waals surface area contributed by atoms with Crippen LogP contribution in [0.2, 0.25) is 0 Å². The molecule has 4 aromatic heterocycles. The van der Waals surface area contributed by atoms with Crippen molar-refractivity contribution in [3.63, 3.8) is 0 Å². The Morgan fingerprint density at radius 1 is 0.290 bits per heavy atom. The van der Waals surface area contributed by atoms with Crippen LogP contribution in [-0.2, 0) is 0 Å². The normalized spacial score (nSPS) is 11.5. The summed E-state index contributed by atoms with van der Waals surface area (Å²) in [6.45, 7) is 0. The molecule has 0 aliphatic carbocycles. The van der Waals surface area contributed by atoms with Crippen molar-refractivity contribution in [2.75, 3.05) is 17.4 Å². The molecule has 0 bridgehead atoms. The molecule has 14 aromatic carbocycles. The molecule has 2 aliphatic heterocycles. The van der Waals surface area contributed by atoms with Gasteiger partial charge in [0, 0.05) is 81.7 Å². The average Bonchev–Trinajstić information content (AvgIpc) is 1.57. The zero-order valence-electron chi connectivity index (χ0n) is 58.5. The van der Waals surface area contributed by atoms with Crippen LogP contribution >= 0.6 is 22.6 Å². The van der Waals surface area contributed by atoms with Crippen molar-refractivity contribution in [3.05, 3.63) is 368 Å². The minimum Gasteiger partial charge on any atom is -0.325 e. The zero-order valence-corrected chi connectivity index (χ0v) is 59.7. The van der Waals surface area contributed by atoms with E-state index in [1.54, 1.807) is 0 Å². The van der Waals surface area contributed by atoms with Gasteiger partial charge in [0.15, 0.2) is 34.9 Å². The fourth-order valence-corrected chi connectivity index (χ4v) is 14.3. The number of anilines is 5. The Labute approximate surface area is 633 Å². The maximum absolute atomic E-state index is 9.96. The lowest BCUT2D eigenvalue weighted by Gasteiger charge is -2.24. The Morgan fingerprint density at radius 3 is 1.07 bits per heavy atom. The van der Waals surface area contributed by atoms with Crippen LogP contribution in [0.3, 0.4) is 0 Å². The lowest BCUT2D eigenvalue weighted by atomic mass is 10.00. The number of aromatic nitrogens is 10. The summed E-state index contributed by atoms with van der Waals surface area (Å²) in [4.78, 5) is 42.6. The molecule has 0 atom stereocenters. The molecule has 0 saturated carbocycles. The minimum absolute atomic E-state index is 0.614. The van der Waals surface area contributed by atoms with Gasteiger partial charge in [0.25, 0.3) is 0 Å². The summed E-state index contributed by atoms with van der Waals surface area (Å²) in [6, 6.07) is 125. The molecule has 0 saturated heterocycles. The predicted octanol–water partition coefficient (Wildman–Crippen LogP) is 23.8. The van der Waals surface area contributed by atoms with E-state index < -0.39 is 7.15 Å². The van der Waals surface area contributed by atoms with Crippen molar-refractivity contribution in [1.29, 1.82) is 0 Å². The predicted molar refractivity (Wildman–Crippen MR) is 441 cm³/mol. The number of para-hydroxylation sites is 7. The van der Waals surface area contributed by atoms with Gasteiger partial charge in [0.05, 0.1) is 47.7 Å². The molecule has 0 spiro atoms. The van der Waals surface area contributed by atoms with E-state index in [1.165, 1.54) is 3.57 Å². The molecule has 2 aliphatic rings. The molecule has 0 unspecified atom stereocenters. The van der Waals surface area contributed by atoms with Gasteiger partial charge < -0.3 is 5.32 Å². The fraction of sp³-hybridized carbons (Fsp3) is 0.0108. The first kappa shape index (κ1) is 65.3. The SMILES string of the molecule is Ic1ccccc1.[2H]CF.c1ccc(-c2nc(-c3ccccc3)nc(-c3cccc(-c4cccc5c4nc4n5-c5ccccc5-c5ccccc5N4)c3)n2)cc1.c1ccc(-c2nc(-c3ccccc3)nc(-c3cccc(-c4cccc5c4nc4n5-c5ccccc5-c5ccccc5N4c4ccccc4)c3)n2)cc1. The summed E-state index contributed by atoms with van der Waals surface area (Å²) in [5.74, 6) is 5.40. The highest BCUT2D eigenvalue weighted by Crippen LogP contribution is 2.49. The Hall–Kier alpha value is -13.7. The van der Waals surface area contributed by atoms with Crippen LogP contribution in [0, 0.1) is 3.57 Å². The van der Waals surface area contributed by atoms with Gasteiger partial charge in [-0.1, -0.05) is 291 Å². The van der Waals surface area contributed by atoms with Gasteiger partial charge in [-0.2, -0.15) is 0 Å². The second-order valence-corrected chi connectivity index (χ2v) is 26.5. The van der Waals surface area contributed by atoms with Crippen LogP contribution in [-0.4, -0.2) is 56.2 Å². The summed E-state index contributed by atoms with van der Waals surface area (Å²) in [5.41, 5.74) is 23.5. The molecule has 12 nitrogen and oxygen atoms in total. The maximum atomic E-state index is 9.96. The van der Waals surface area contributed by atoms with Gasteiger partial charge in [0.1, 0.15) is 0 Å². The molecule has 14 heteroatoms. The van der Waals surface area contributed by atoms with Crippen LogP contribution in [0.25, 0.3) is 146 Å². The molecule has 0 fully saturated rings. The van der Waals surface area contributed by atoms with Crippen LogP contribution in [0.5, 0.6) is 0 Å². The van der Waals surface area contributed by atoms with Crippen LogP contribution < -0.4 is 10.2 Å². The maximum Gasteiger partial charge on any atom is 0.220 e. The van der Waals surface area contributed by atoms with Gasteiger partial charge in [0.2, 0.25) is 11.9 Å². The number of hydrogen-bond acceptors (Lipinski definition) is 10. The molecule has 6 heterocycles. The molecule has 0 amide bonds. The standard InChI is InChI=1S/C46H30N6.C40H26N6.C6H5I.CH3F/c1-4-16-31(17-5-1)43-48-44(32-18-6-2-7-19-32)50-45(49-43)34-21-14-20-33(30-34)36-26-15-29-41-42(36)47-46-51(35-22-8-3-9-23-35)39-27-12-10-24-37(39)38-25-11-13-28-40(38)52(41)46;1-3-13-26(14-4-1)37-43-38(27-15-5-2-6-16-27)45-39(44-37)29-18-11-17-28(25-29)30-21-12-24-35-36(30)42-40-41-33-22-9-7-19-31(33)32-20-8-10-23-34(32)46(35)40;7-6-4-2-1-3-5-6;1-2/h1-30H;1-25H,(H,41,42);1-5H;1H3/i;;;1D. The number of nitrogens with one attached hydrogen (secondary N) is 1. The summed E-state index contributed by atoms with van der Waals surface area (Å²) < 4.78 is 21.3. The van der Waals surface area contributed by atoms with E-state index >= 15 is 0 Å². The Balaban J connectivity index is 0.000000141. The monoisotopic (exact) mass is 1500 g/mol. The van der Waals surface area contributed by atoms with Gasteiger partial charge in [-0.05, 0) is 107 Å². The van der Waals surface area contributed by atoms with Crippen molar-refractivity contribution in [2.24, 2.45) is 0 Å². The number of rotatable bonds is 9. The topological polar surface area (TPSA) is 128 Å². The molecule has 107 heavy (non-hydrogen) atoms. The molecule has 510 valence electrons. The van der Waals surface area contributed by atoms with Gasteiger partial charge in [-0.15, -0.1) is 0 Å². The lowest BCUT2D eigenvalue weighted by Crippen LogP contribution is -2.13. The van der Waals surface area contributed by atoms with Crippen molar-refractivity contribution in [3.8, 4) is 124 Å². The second-order valence-electron chi connectivity index (χ2n) is 25.3. The minimum atomic E-state index is -1.00. The van der Waals surface area contributed by atoms with Gasteiger partial charge >= 0.3 is 0 Å². The van der Waals surface area contributed by atoms with E-state index in [0.717, 1.165) is 140 Å². The van der Waals surface area contributed by atoms with Gasteiger partial charge in [-0.25, -0.2) is 39.9 Å². The third-order valence-electron chi connectivity index (χ3n) is 18.8. The van der Waals surface area contributed by atoms with Gasteiger partial charge in [-0.3, -0.25) is 18.4 Å². The highest BCUT2D eigenvalue weighted by Gasteiger charge is 2.31. The number of nitrogens with zero attached hydrogens (tertiary/aromatic N) is 11. The van der Waals surface area contributed by atoms with E-state index in [0.29, 0.717) is 34.9 Å². The number of hydrogen-bond donors (Lipinski definition) is 1. The first-order chi connectivity index (χ1) is 53.4. The second kappa shape index (κ2) is 29.9. The molecule has 20 rings (SSSR count). The highest BCUT2D eigenvalue weighted by atomic mass is 127.